The smallest absolute Gasteiger partial charge is 0.242 e. The van der Waals surface area contributed by atoms with E-state index >= 15 is 0 Å². The second-order valence-corrected chi connectivity index (χ2v) is 5.10. The van der Waals surface area contributed by atoms with E-state index < -0.39 is 0 Å². The van der Waals surface area contributed by atoms with Gasteiger partial charge < -0.3 is 14.7 Å². The molecule has 0 aromatic carbocycles. The number of carbonyl (C=O) groups is 1. The first kappa shape index (κ1) is 13.7. The van der Waals surface area contributed by atoms with Crippen LogP contribution in [0.1, 0.15) is 5.56 Å². The summed E-state index contributed by atoms with van der Waals surface area (Å²) in [7, 11) is 3.92. The Labute approximate surface area is 114 Å². The lowest BCUT2D eigenvalue weighted by atomic mass is 10.3. The summed E-state index contributed by atoms with van der Waals surface area (Å²) in [4.78, 5) is 26.5. The number of hydrogen-bond acceptors (Lipinski definition) is 5. The van der Waals surface area contributed by atoms with Crippen LogP contribution in [0.25, 0.3) is 0 Å². The molecular formula is C13H21N5O. The van der Waals surface area contributed by atoms with Gasteiger partial charge >= 0.3 is 0 Å². The van der Waals surface area contributed by atoms with Gasteiger partial charge in [-0.05, 0) is 19.5 Å². The molecule has 1 amide bonds. The monoisotopic (exact) mass is 263 g/mol. The predicted octanol–water partition coefficient (Wildman–Crippen LogP) is -0.00478. The Balaban J connectivity index is 1.89. The van der Waals surface area contributed by atoms with E-state index in [-0.39, 0.29) is 5.91 Å². The van der Waals surface area contributed by atoms with Crippen molar-refractivity contribution in [1.29, 1.82) is 0 Å². The van der Waals surface area contributed by atoms with Gasteiger partial charge in [-0.3, -0.25) is 4.79 Å². The molecule has 104 valence electrons. The van der Waals surface area contributed by atoms with Crippen LogP contribution in [0.5, 0.6) is 0 Å². The molecule has 1 aliphatic heterocycles. The number of amides is 1. The van der Waals surface area contributed by atoms with E-state index in [1.807, 2.05) is 18.9 Å². The molecule has 19 heavy (non-hydrogen) atoms. The Morgan fingerprint density at radius 2 is 1.84 bits per heavy atom. The van der Waals surface area contributed by atoms with E-state index in [0.717, 1.165) is 31.7 Å². The molecule has 2 rings (SSSR count). The SMILES string of the molecule is Cc1cnc(N(C)CC(=O)N2CCN(C)CC2)nc1. The average molecular weight is 263 g/mol. The topological polar surface area (TPSA) is 52.6 Å². The predicted molar refractivity (Wildman–Crippen MR) is 74.1 cm³/mol. The Morgan fingerprint density at radius 3 is 2.42 bits per heavy atom. The minimum absolute atomic E-state index is 0.139. The number of aromatic nitrogens is 2. The summed E-state index contributed by atoms with van der Waals surface area (Å²) in [5, 5.41) is 0. The number of nitrogens with zero attached hydrogens (tertiary/aromatic N) is 5. The normalized spacial score (nSPS) is 16.5. The molecule has 1 aromatic heterocycles. The summed E-state index contributed by atoms with van der Waals surface area (Å²) in [6, 6.07) is 0. The zero-order valence-electron chi connectivity index (χ0n) is 11.8. The van der Waals surface area contributed by atoms with Crippen molar-refractivity contribution in [3.05, 3.63) is 18.0 Å². The minimum Gasteiger partial charge on any atom is -0.339 e. The molecule has 1 aromatic rings. The van der Waals surface area contributed by atoms with E-state index in [9.17, 15) is 4.79 Å². The third-order valence-electron chi connectivity index (χ3n) is 3.34. The second-order valence-electron chi connectivity index (χ2n) is 5.10. The van der Waals surface area contributed by atoms with Crippen molar-refractivity contribution in [3.8, 4) is 0 Å². The lowest BCUT2D eigenvalue weighted by Gasteiger charge is -2.33. The molecule has 0 N–H and O–H groups in total. The fourth-order valence-corrected chi connectivity index (χ4v) is 2.01. The van der Waals surface area contributed by atoms with Crippen molar-refractivity contribution >= 4 is 11.9 Å². The third kappa shape index (κ3) is 3.64. The third-order valence-corrected chi connectivity index (χ3v) is 3.34. The van der Waals surface area contributed by atoms with Crippen LogP contribution in [0.2, 0.25) is 0 Å². The molecule has 6 nitrogen and oxygen atoms in total. The Hall–Kier alpha value is -1.69. The van der Waals surface area contributed by atoms with Crippen molar-refractivity contribution < 1.29 is 4.79 Å². The molecule has 6 heteroatoms. The molecule has 0 saturated carbocycles. The molecule has 0 radical (unpaired) electrons. The number of hydrogen-bond donors (Lipinski definition) is 0. The molecule has 0 atom stereocenters. The van der Waals surface area contributed by atoms with Gasteiger partial charge in [0, 0.05) is 45.6 Å². The van der Waals surface area contributed by atoms with Crippen LogP contribution < -0.4 is 4.90 Å². The quantitative estimate of drug-likeness (QED) is 0.768. The van der Waals surface area contributed by atoms with Gasteiger partial charge in [0.15, 0.2) is 0 Å². The highest BCUT2D eigenvalue weighted by molar-refractivity contribution is 5.80. The zero-order chi connectivity index (χ0) is 13.8. The molecule has 0 bridgehead atoms. The summed E-state index contributed by atoms with van der Waals surface area (Å²) < 4.78 is 0. The standard InChI is InChI=1S/C13H21N5O/c1-11-8-14-13(15-9-11)17(3)10-12(19)18-6-4-16(2)5-7-18/h8-9H,4-7,10H2,1-3H3. The van der Waals surface area contributed by atoms with Gasteiger partial charge in [-0.1, -0.05) is 0 Å². The number of aryl methyl sites for hydroxylation is 1. The Bertz CT molecular complexity index is 425. The van der Waals surface area contributed by atoms with Gasteiger partial charge in [0.2, 0.25) is 11.9 Å². The summed E-state index contributed by atoms with van der Waals surface area (Å²) in [5.41, 5.74) is 1.02. The van der Waals surface area contributed by atoms with E-state index in [2.05, 4.69) is 21.9 Å². The van der Waals surface area contributed by atoms with Gasteiger partial charge in [0.25, 0.3) is 0 Å². The van der Waals surface area contributed by atoms with Crippen molar-refractivity contribution in [3.63, 3.8) is 0 Å². The van der Waals surface area contributed by atoms with Gasteiger partial charge in [-0.2, -0.15) is 0 Å². The van der Waals surface area contributed by atoms with Crippen LogP contribution in [-0.2, 0) is 4.79 Å². The van der Waals surface area contributed by atoms with Crippen molar-refractivity contribution in [1.82, 2.24) is 19.8 Å². The first-order valence-corrected chi connectivity index (χ1v) is 6.52. The number of likely N-dealkylation sites (N-methyl/N-ethyl adjacent to an activating group) is 2. The van der Waals surface area contributed by atoms with Gasteiger partial charge in [0.05, 0.1) is 6.54 Å². The largest absolute Gasteiger partial charge is 0.339 e. The van der Waals surface area contributed by atoms with Gasteiger partial charge in [-0.25, -0.2) is 9.97 Å². The highest BCUT2D eigenvalue weighted by atomic mass is 16.2. The lowest BCUT2D eigenvalue weighted by Crippen LogP contribution is -2.49. The first-order valence-electron chi connectivity index (χ1n) is 6.52. The van der Waals surface area contributed by atoms with E-state index in [1.165, 1.54) is 0 Å². The molecule has 2 heterocycles. The van der Waals surface area contributed by atoms with Crippen LogP contribution in [0.3, 0.4) is 0 Å². The number of carbonyl (C=O) groups excluding carboxylic acids is 1. The average Bonchev–Trinajstić information content (AvgIpc) is 2.40. The van der Waals surface area contributed by atoms with Gasteiger partial charge in [-0.15, -0.1) is 0 Å². The Morgan fingerprint density at radius 1 is 1.26 bits per heavy atom. The Kier molecular flexibility index (Phi) is 4.31. The fraction of sp³-hybridized carbons (Fsp3) is 0.615. The highest BCUT2D eigenvalue weighted by Gasteiger charge is 2.20. The summed E-state index contributed by atoms with van der Waals surface area (Å²) in [5.74, 6) is 0.729. The van der Waals surface area contributed by atoms with Crippen molar-refractivity contribution in [2.45, 2.75) is 6.92 Å². The van der Waals surface area contributed by atoms with Crippen LogP contribution in [0, 0.1) is 6.92 Å². The van der Waals surface area contributed by atoms with Crippen molar-refractivity contribution in [2.75, 3.05) is 51.7 Å². The zero-order valence-corrected chi connectivity index (χ0v) is 11.8. The molecule has 0 aliphatic carbocycles. The van der Waals surface area contributed by atoms with Crippen LogP contribution in [-0.4, -0.2) is 72.5 Å². The maximum atomic E-state index is 12.2. The van der Waals surface area contributed by atoms with Gasteiger partial charge in [0.1, 0.15) is 0 Å². The number of piperazine rings is 1. The van der Waals surface area contributed by atoms with Crippen molar-refractivity contribution in [2.24, 2.45) is 0 Å². The first-order chi connectivity index (χ1) is 9.06. The summed E-state index contributed by atoms with van der Waals surface area (Å²) >= 11 is 0. The fourth-order valence-electron chi connectivity index (χ4n) is 2.01. The number of rotatable bonds is 3. The molecular weight excluding hydrogens is 242 g/mol. The van der Waals surface area contributed by atoms with E-state index in [1.54, 1.807) is 17.3 Å². The molecule has 1 aliphatic rings. The number of anilines is 1. The maximum Gasteiger partial charge on any atom is 0.242 e. The molecule has 0 unspecified atom stereocenters. The second kappa shape index (κ2) is 5.97. The summed E-state index contributed by atoms with van der Waals surface area (Å²) in [6.07, 6.45) is 3.53. The van der Waals surface area contributed by atoms with E-state index in [4.69, 9.17) is 0 Å². The lowest BCUT2D eigenvalue weighted by molar-refractivity contribution is -0.131. The van der Waals surface area contributed by atoms with Crippen LogP contribution >= 0.6 is 0 Å². The summed E-state index contributed by atoms with van der Waals surface area (Å²) in [6.45, 7) is 5.76. The highest BCUT2D eigenvalue weighted by Crippen LogP contribution is 2.06. The minimum atomic E-state index is 0.139. The molecule has 1 fully saturated rings. The van der Waals surface area contributed by atoms with E-state index in [0.29, 0.717) is 12.5 Å². The molecule has 1 saturated heterocycles. The maximum absolute atomic E-state index is 12.2. The molecule has 0 spiro atoms. The van der Waals surface area contributed by atoms with Crippen LogP contribution in [0.4, 0.5) is 5.95 Å². The van der Waals surface area contributed by atoms with Crippen LogP contribution in [0.15, 0.2) is 12.4 Å².